The standard InChI is InChI=1S/C18H30N2O/c1-11-2-3-19-9-16(11)10-20-18(21)17-14-5-12-4-13(7-14)8-15(17)6-12/h11-17,19H,2-10H2,1H3,(H,20,21). The Hall–Kier alpha value is -0.570. The molecule has 2 N–H and O–H groups in total. The SMILES string of the molecule is CC1CCNCC1CNC(=O)C1C2CC3CC(C2)CC1C3. The Labute approximate surface area is 128 Å². The summed E-state index contributed by atoms with van der Waals surface area (Å²) < 4.78 is 0. The summed E-state index contributed by atoms with van der Waals surface area (Å²) in [6, 6.07) is 0. The highest BCUT2D eigenvalue weighted by atomic mass is 16.1. The first-order valence-corrected chi connectivity index (χ1v) is 9.19. The largest absolute Gasteiger partial charge is 0.356 e. The van der Waals surface area contributed by atoms with Crippen molar-refractivity contribution in [3.05, 3.63) is 0 Å². The summed E-state index contributed by atoms with van der Waals surface area (Å²) in [5.74, 6) is 5.44. The van der Waals surface area contributed by atoms with Gasteiger partial charge in [0.2, 0.25) is 5.91 Å². The maximum absolute atomic E-state index is 12.8. The van der Waals surface area contributed by atoms with Gasteiger partial charge in [0.25, 0.3) is 0 Å². The zero-order valence-corrected chi connectivity index (χ0v) is 13.3. The van der Waals surface area contributed by atoms with E-state index in [4.69, 9.17) is 0 Å². The van der Waals surface area contributed by atoms with Crippen LogP contribution in [0.5, 0.6) is 0 Å². The highest BCUT2D eigenvalue weighted by Crippen LogP contribution is 2.56. The number of carbonyl (C=O) groups excluding carboxylic acids is 1. The topological polar surface area (TPSA) is 41.1 Å². The molecule has 0 spiro atoms. The third kappa shape index (κ3) is 2.62. The highest BCUT2D eigenvalue weighted by molar-refractivity contribution is 5.79. The Morgan fingerprint density at radius 2 is 1.76 bits per heavy atom. The number of amides is 1. The molecule has 21 heavy (non-hydrogen) atoms. The van der Waals surface area contributed by atoms with Gasteiger partial charge in [-0.25, -0.2) is 0 Å². The molecule has 1 amide bonds. The molecule has 1 heterocycles. The van der Waals surface area contributed by atoms with E-state index in [-0.39, 0.29) is 0 Å². The fraction of sp³-hybridized carbons (Fsp3) is 0.944. The minimum Gasteiger partial charge on any atom is -0.356 e. The lowest BCUT2D eigenvalue weighted by Gasteiger charge is -2.53. The molecule has 3 nitrogen and oxygen atoms in total. The molecule has 5 aliphatic rings. The number of nitrogens with one attached hydrogen (secondary N) is 2. The Morgan fingerprint density at radius 3 is 2.38 bits per heavy atom. The molecular weight excluding hydrogens is 260 g/mol. The number of hydrogen-bond donors (Lipinski definition) is 2. The Kier molecular flexibility index (Phi) is 3.72. The van der Waals surface area contributed by atoms with Gasteiger partial charge in [-0.05, 0) is 87.1 Å². The third-order valence-electron chi connectivity index (χ3n) is 7.06. The minimum absolute atomic E-state index is 0.352. The number of rotatable bonds is 3. The summed E-state index contributed by atoms with van der Waals surface area (Å²) in [4.78, 5) is 12.8. The lowest BCUT2D eigenvalue weighted by Crippen LogP contribution is -2.52. The van der Waals surface area contributed by atoms with Crippen molar-refractivity contribution in [2.75, 3.05) is 19.6 Å². The van der Waals surface area contributed by atoms with Crippen molar-refractivity contribution in [2.24, 2.45) is 41.4 Å². The van der Waals surface area contributed by atoms with Crippen LogP contribution in [0.25, 0.3) is 0 Å². The lowest BCUT2D eigenvalue weighted by atomic mass is 9.51. The van der Waals surface area contributed by atoms with Crippen LogP contribution < -0.4 is 10.6 Å². The molecule has 0 aromatic heterocycles. The van der Waals surface area contributed by atoms with Crippen molar-refractivity contribution >= 4 is 5.91 Å². The second-order valence-corrected chi connectivity index (χ2v) is 8.43. The van der Waals surface area contributed by atoms with Crippen LogP contribution >= 0.6 is 0 Å². The predicted molar refractivity (Wildman–Crippen MR) is 83.7 cm³/mol. The Balaban J connectivity index is 1.35. The summed E-state index contributed by atoms with van der Waals surface area (Å²) in [7, 11) is 0. The van der Waals surface area contributed by atoms with Gasteiger partial charge in [-0.15, -0.1) is 0 Å². The van der Waals surface area contributed by atoms with Gasteiger partial charge in [0.05, 0.1) is 0 Å². The molecule has 2 atom stereocenters. The minimum atomic E-state index is 0.352. The van der Waals surface area contributed by atoms with E-state index in [1.54, 1.807) is 0 Å². The molecule has 5 rings (SSSR count). The molecule has 0 radical (unpaired) electrons. The molecule has 0 aromatic carbocycles. The van der Waals surface area contributed by atoms with Gasteiger partial charge in [0.1, 0.15) is 0 Å². The van der Waals surface area contributed by atoms with Crippen LogP contribution in [0, 0.1) is 41.4 Å². The zero-order valence-electron chi connectivity index (χ0n) is 13.3. The number of carbonyl (C=O) groups is 1. The van der Waals surface area contributed by atoms with Gasteiger partial charge >= 0.3 is 0 Å². The van der Waals surface area contributed by atoms with Crippen molar-refractivity contribution in [1.29, 1.82) is 0 Å². The molecular formula is C18H30N2O. The molecule has 4 aliphatic carbocycles. The lowest BCUT2D eigenvalue weighted by molar-refractivity contribution is -0.138. The Bertz CT molecular complexity index is 380. The first-order valence-electron chi connectivity index (χ1n) is 9.19. The monoisotopic (exact) mass is 290 g/mol. The summed E-state index contributed by atoms with van der Waals surface area (Å²) in [6.45, 7) is 5.43. The van der Waals surface area contributed by atoms with Gasteiger partial charge in [-0.1, -0.05) is 6.92 Å². The first-order chi connectivity index (χ1) is 10.2. The molecule has 2 unspecified atom stereocenters. The quantitative estimate of drug-likeness (QED) is 0.838. The molecule has 4 saturated carbocycles. The van der Waals surface area contributed by atoms with Gasteiger partial charge in [0.15, 0.2) is 0 Å². The number of piperidine rings is 1. The van der Waals surface area contributed by atoms with E-state index < -0.39 is 0 Å². The smallest absolute Gasteiger partial charge is 0.223 e. The average Bonchev–Trinajstić information content (AvgIpc) is 2.45. The van der Waals surface area contributed by atoms with E-state index in [0.717, 1.165) is 37.4 Å². The van der Waals surface area contributed by atoms with E-state index in [2.05, 4.69) is 17.6 Å². The second kappa shape index (κ2) is 5.57. The summed E-state index contributed by atoms with van der Waals surface area (Å²) in [6.07, 6.45) is 8.07. The van der Waals surface area contributed by atoms with Gasteiger partial charge < -0.3 is 10.6 Å². The predicted octanol–water partition coefficient (Wildman–Crippen LogP) is 2.42. The maximum atomic E-state index is 12.8. The van der Waals surface area contributed by atoms with Gasteiger partial charge in [0, 0.05) is 12.5 Å². The zero-order chi connectivity index (χ0) is 14.4. The molecule has 3 heteroatoms. The molecule has 0 aromatic rings. The summed E-state index contributed by atoms with van der Waals surface area (Å²) in [5, 5.41) is 6.80. The number of hydrogen-bond acceptors (Lipinski definition) is 2. The van der Waals surface area contributed by atoms with Crippen LogP contribution in [0.3, 0.4) is 0 Å². The van der Waals surface area contributed by atoms with Crippen LogP contribution in [-0.4, -0.2) is 25.5 Å². The van der Waals surface area contributed by atoms with Crippen molar-refractivity contribution in [3.8, 4) is 0 Å². The van der Waals surface area contributed by atoms with E-state index in [9.17, 15) is 4.79 Å². The van der Waals surface area contributed by atoms with E-state index >= 15 is 0 Å². The summed E-state index contributed by atoms with van der Waals surface area (Å²) >= 11 is 0. The van der Waals surface area contributed by atoms with Crippen molar-refractivity contribution in [2.45, 2.75) is 45.4 Å². The second-order valence-electron chi connectivity index (χ2n) is 8.43. The summed E-state index contributed by atoms with van der Waals surface area (Å²) in [5.41, 5.74) is 0. The van der Waals surface area contributed by atoms with E-state index in [0.29, 0.717) is 29.6 Å². The van der Waals surface area contributed by atoms with Gasteiger partial charge in [-0.3, -0.25) is 4.79 Å². The van der Waals surface area contributed by atoms with Crippen LogP contribution in [0.15, 0.2) is 0 Å². The fourth-order valence-electron chi connectivity index (χ4n) is 6.03. The van der Waals surface area contributed by atoms with Crippen LogP contribution in [0.1, 0.15) is 45.4 Å². The molecule has 1 saturated heterocycles. The van der Waals surface area contributed by atoms with E-state index in [1.807, 2.05) is 0 Å². The van der Waals surface area contributed by atoms with Gasteiger partial charge in [-0.2, -0.15) is 0 Å². The van der Waals surface area contributed by atoms with Crippen molar-refractivity contribution < 1.29 is 4.79 Å². The van der Waals surface area contributed by atoms with E-state index in [1.165, 1.54) is 38.5 Å². The average molecular weight is 290 g/mol. The third-order valence-corrected chi connectivity index (χ3v) is 7.06. The fourth-order valence-corrected chi connectivity index (χ4v) is 6.03. The van der Waals surface area contributed by atoms with Crippen LogP contribution in [0.2, 0.25) is 0 Å². The normalized spacial score (nSPS) is 48.3. The van der Waals surface area contributed by atoms with Crippen molar-refractivity contribution in [3.63, 3.8) is 0 Å². The van der Waals surface area contributed by atoms with Crippen LogP contribution in [0.4, 0.5) is 0 Å². The maximum Gasteiger partial charge on any atom is 0.223 e. The molecule has 118 valence electrons. The van der Waals surface area contributed by atoms with Crippen LogP contribution in [-0.2, 0) is 4.79 Å². The molecule has 1 aliphatic heterocycles. The first kappa shape index (κ1) is 14.0. The molecule has 5 fully saturated rings. The van der Waals surface area contributed by atoms with Crippen molar-refractivity contribution in [1.82, 2.24) is 10.6 Å². The highest BCUT2D eigenvalue weighted by Gasteiger charge is 2.50. The molecule has 4 bridgehead atoms. The Morgan fingerprint density at radius 1 is 1.10 bits per heavy atom.